The van der Waals surface area contributed by atoms with E-state index >= 15 is 0 Å². The number of nitro benzene ring substituents is 1. The number of sulfone groups is 1. The molecule has 2 heterocycles. The van der Waals surface area contributed by atoms with Gasteiger partial charge in [0.2, 0.25) is 10.0 Å². The highest BCUT2D eigenvalue weighted by Gasteiger charge is 2.48. The summed E-state index contributed by atoms with van der Waals surface area (Å²) in [4.78, 5) is 35.8. The van der Waals surface area contributed by atoms with Gasteiger partial charge in [-0.3, -0.25) is 14.9 Å². The first kappa shape index (κ1) is 26.8. The molecular weight excluding hydrogens is 506 g/mol. The smallest absolute Gasteiger partial charge is 0.409 e. The molecule has 0 aromatic heterocycles. The van der Waals surface area contributed by atoms with Gasteiger partial charge in [-0.05, 0) is 30.7 Å². The molecule has 1 aromatic carbocycles. The van der Waals surface area contributed by atoms with Crippen LogP contribution >= 0.6 is 0 Å². The summed E-state index contributed by atoms with van der Waals surface area (Å²) >= 11 is 0. The lowest BCUT2D eigenvalue weighted by atomic mass is 9.79. The number of carbonyl (C=O) groups excluding carboxylic acids is 1. The van der Waals surface area contributed by atoms with Crippen molar-refractivity contribution in [2.24, 2.45) is 17.8 Å². The van der Waals surface area contributed by atoms with Gasteiger partial charge in [-0.1, -0.05) is 12.1 Å². The van der Waals surface area contributed by atoms with Crippen LogP contribution in [0.4, 0.5) is 10.5 Å². The molecule has 3 unspecified atom stereocenters. The summed E-state index contributed by atoms with van der Waals surface area (Å²) in [5.74, 6) is -3.55. The Kier molecular flexibility index (Phi) is 8.01. The largest absolute Gasteiger partial charge is 0.481 e. The Bertz CT molecular complexity index is 1200. The average molecular weight is 534 g/mol. The van der Waals surface area contributed by atoms with E-state index in [0.717, 1.165) is 22.7 Å². The van der Waals surface area contributed by atoms with Gasteiger partial charge in [-0.2, -0.15) is 4.31 Å². The van der Waals surface area contributed by atoms with Crippen molar-refractivity contribution in [3.63, 3.8) is 0 Å². The van der Waals surface area contributed by atoms with Crippen LogP contribution in [-0.2, 0) is 29.4 Å². The third-order valence-corrected chi connectivity index (χ3v) is 9.12. The van der Waals surface area contributed by atoms with Gasteiger partial charge in [-0.15, -0.1) is 0 Å². The minimum absolute atomic E-state index is 0.130. The molecule has 3 atom stereocenters. The SMILES string of the molecule is CS(=O)(=O)CCOC(=O)N1CCCC(C2CN(S(=O)(=O)c3ccccc3[N+](=O)[O-])CC2C(=O)O)C1. The molecule has 0 radical (unpaired) electrons. The van der Waals surface area contributed by atoms with Crippen molar-refractivity contribution in [2.45, 2.75) is 17.7 Å². The summed E-state index contributed by atoms with van der Waals surface area (Å²) in [5.41, 5.74) is -0.594. The van der Waals surface area contributed by atoms with Gasteiger partial charge in [-0.25, -0.2) is 21.6 Å². The molecule has 194 valence electrons. The van der Waals surface area contributed by atoms with Crippen molar-refractivity contribution in [3.05, 3.63) is 34.4 Å². The Morgan fingerprint density at radius 3 is 2.49 bits per heavy atom. The van der Waals surface area contributed by atoms with E-state index < -0.39 is 59.3 Å². The second kappa shape index (κ2) is 10.5. The van der Waals surface area contributed by atoms with Crippen LogP contribution in [0, 0.1) is 27.9 Å². The molecule has 1 aromatic rings. The number of ether oxygens (including phenoxy) is 1. The zero-order valence-electron chi connectivity index (χ0n) is 19.0. The molecule has 35 heavy (non-hydrogen) atoms. The van der Waals surface area contributed by atoms with E-state index in [2.05, 4.69) is 0 Å². The number of carboxylic acids is 1. The molecule has 2 fully saturated rings. The molecule has 0 aliphatic carbocycles. The highest BCUT2D eigenvalue weighted by atomic mass is 32.2. The topological polar surface area (TPSA) is 182 Å². The normalized spacial score (nSPS) is 23.7. The Hall–Kier alpha value is -2.78. The molecule has 2 aliphatic rings. The monoisotopic (exact) mass is 533 g/mol. The molecule has 2 saturated heterocycles. The number of carbonyl (C=O) groups is 2. The lowest BCUT2D eigenvalue weighted by molar-refractivity contribution is -0.387. The number of aliphatic carboxylic acids is 1. The number of benzene rings is 1. The predicted molar refractivity (Wildman–Crippen MR) is 122 cm³/mol. The van der Waals surface area contributed by atoms with Gasteiger partial charge in [0.05, 0.1) is 16.6 Å². The first-order valence-corrected chi connectivity index (χ1v) is 14.4. The van der Waals surface area contributed by atoms with E-state index in [1.54, 1.807) is 0 Å². The van der Waals surface area contributed by atoms with Crippen molar-refractivity contribution in [3.8, 4) is 0 Å². The third-order valence-electron chi connectivity index (χ3n) is 6.33. The van der Waals surface area contributed by atoms with Gasteiger partial charge in [0.15, 0.2) is 14.7 Å². The number of sulfonamides is 1. The van der Waals surface area contributed by atoms with Crippen LogP contribution < -0.4 is 0 Å². The Morgan fingerprint density at radius 2 is 1.86 bits per heavy atom. The van der Waals surface area contributed by atoms with Crippen molar-refractivity contribution < 1.29 is 41.2 Å². The minimum Gasteiger partial charge on any atom is -0.481 e. The number of nitro groups is 1. The lowest BCUT2D eigenvalue weighted by Gasteiger charge is -2.36. The maximum atomic E-state index is 13.2. The average Bonchev–Trinajstić information content (AvgIpc) is 3.25. The fourth-order valence-corrected chi connectivity index (χ4v) is 6.64. The van der Waals surface area contributed by atoms with Crippen LogP contribution in [0.5, 0.6) is 0 Å². The number of rotatable bonds is 8. The van der Waals surface area contributed by atoms with Gasteiger partial charge in [0.1, 0.15) is 6.61 Å². The fraction of sp³-hybridized carbons (Fsp3) is 0.600. The Morgan fingerprint density at radius 1 is 1.17 bits per heavy atom. The summed E-state index contributed by atoms with van der Waals surface area (Å²) in [5, 5.41) is 21.1. The molecule has 1 N–H and O–H groups in total. The van der Waals surface area contributed by atoms with Gasteiger partial charge >= 0.3 is 12.1 Å². The Labute approximate surface area is 202 Å². The van der Waals surface area contributed by atoms with Crippen molar-refractivity contribution in [1.82, 2.24) is 9.21 Å². The summed E-state index contributed by atoms with van der Waals surface area (Å²) in [6.07, 6.45) is 1.40. The number of likely N-dealkylation sites (tertiary alicyclic amines) is 1. The number of nitrogens with zero attached hydrogens (tertiary/aromatic N) is 3. The van der Waals surface area contributed by atoms with Gasteiger partial charge in [0.25, 0.3) is 5.69 Å². The van der Waals surface area contributed by atoms with Crippen molar-refractivity contribution in [1.29, 1.82) is 0 Å². The summed E-state index contributed by atoms with van der Waals surface area (Å²) < 4.78 is 54.9. The molecule has 0 spiro atoms. The second-order valence-corrected chi connectivity index (χ2v) is 12.9. The number of hydrogen-bond donors (Lipinski definition) is 1. The minimum atomic E-state index is -4.34. The van der Waals surface area contributed by atoms with E-state index in [1.807, 2.05) is 0 Å². The molecule has 1 amide bonds. The fourth-order valence-electron chi connectivity index (χ4n) is 4.59. The number of hydrogen-bond acceptors (Lipinski definition) is 9. The van der Waals surface area contributed by atoms with E-state index in [0.29, 0.717) is 19.4 Å². The number of para-hydroxylation sites is 1. The molecule has 2 aliphatic heterocycles. The first-order chi connectivity index (χ1) is 16.3. The quantitative estimate of drug-likeness (QED) is 0.371. The zero-order valence-corrected chi connectivity index (χ0v) is 20.6. The van der Waals surface area contributed by atoms with E-state index in [4.69, 9.17) is 4.74 Å². The van der Waals surface area contributed by atoms with Gasteiger partial charge in [0, 0.05) is 38.5 Å². The Balaban J connectivity index is 1.77. The van der Waals surface area contributed by atoms with Crippen LogP contribution in [-0.4, -0.2) is 92.9 Å². The third kappa shape index (κ3) is 6.27. The van der Waals surface area contributed by atoms with E-state index in [1.165, 1.54) is 17.0 Å². The van der Waals surface area contributed by atoms with Crippen LogP contribution in [0.1, 0.15) is 12.8 Å². The van der Waals surface area contributed by atoms with E-state index in [9.17, 15) is 41.6 Å². The summed E-state index contributed by atoms with van der Waals surface area (Å²) in [6, 6.07) is 4.89. The molecule has 15 heteroatoms. The maximum absolute atomic E-state index is 13.2. The molecule has 0 saturated carbocycles. The zero-order chi connectivity index (χ0) is 26.0. The number of amides is 1. The standard InChI is InChI=1S/C20H27N3O10S2/c1-34(29,30)10-9-33-20(26)21-8-4-5-14(11-21)15-12-22(13-16(15)19(24)25)35(31,32)18-7-3-2-6-17(18)23(27)28/h2-3,6-7,14-16H,4-5,8-13H2,1H3,(H,24,25). The van der Waals surface area contributed by atoms with Crippen molar-refractivity contribution in [2.75, 3.05) is 44.8 Å². The van der Waals surface area contributed by atoms with Crippen LogP contribution in [0.15, 0.2) is 29.2 Å². The number of piperidine rings is 1. The molecule has 0 bridgehead atoms. The molecule has 13 nitrogen and oxygen atoms in total. The molecule has 3 rings (SSSR count). The van der Waals surface area contributed by atoms with Crippen LogP contribution in [0.2, 0.25) is 0 Å². The highest BCUT2D eigenvalue weighted by Crippen LogP contribution is 2.38. The van der Waals surface area contributed by atoms with Gasteiger partial charge < -0.3 is 14.7 Å². The van der Waals surface area contributed by atoms with Crippen LogP contribution in [0.3, 0.4) is 0 Å². The highest BCUT2D eigenvalue weighted by molar-refractivity contribution is 7.90. The van der Waals surface area contributed by atoms with E-state index in [-0.39, 0.29) is 37.9 Å². The predicted octanol–water partition coefficient (Wildman–Crippen LogP) is 0.809. The van der Waals surface area contributed by atoms with Crippen molar-refractivity contribution >= 4 is 37.6 Å². The summed E-state index contributed by atoms with van der Waals surface area (Å²) in [6.45, 7) is -0.332. The maximum Gasteiger partial charge on any atom is 0.409 e. The lowest BCUT2D eigenvalue weighted by Crippen LogP contribution is -2.44. The molecular formula is C20H27N3O10S2. The summed E-state index contributed by atoms with van der Waals surface area (Å²) in [7, 11) is -7.65. The second-order valence-electron chi connectivity index (χ2n) is 8.75. The number of carboxylic acid groups (broad SMARTS) is 1. The first-order valence-electron chi connectivity index (χ1n) is 10.9. The van der Waals surface area contributed by atoms with Crippen LogP contribution in [0.25, 0.3) is 0 Å².